The molecule has 1 N–H and O–H groups in total. The van der Waals surface area contributed by atoms with Gasteiger partial charge in [0.05, 0.1) is 34.8 Å². The van der Waals surface area contributed by atoms with Crippen LogP contribution in [-0.2, 0) is 21.2 Å². The summed E-state index contributed by atoms with van der Waals surface area (Å²) in [5, 5.41) is 2.66. The number of benzene rings is 1. The van der Waals surface area contributed by atoms with E-state index < -0.39 is 9.84 Å². The fourth-order valence-electron chi connectivity index (χ4n) is 3.39. The smallest absolute Gasteiger partial charge is 0.233 e. The monoisotopic (exact) mass is 435 g/mol. The number of rotatable bonds is 6. The zero-order valence-corrected chi connectivity index (χ0v) is 17.9. The first-order valence-corrected chi connectivity index (χ1v) is 12.7. The van der Waals surface area contributed by atoms with Gasteiger partial charge < -0.3 is 9.88 Å². The molecule has 1 aromatic carbocycles. The fourth-order valence-corrected chi connectivity index (χ4v) is 6.60. The molecule has 0 aliphatic carbocycles. The van der Waals surface area contributed by atoms with Crippen molar-refractivity contribution in [2.75, 3.05) is 17.3 Å². The Labute approximate surface area is 172 Å². The van der Waals surface area contributed by atoms with Crippen LogP contribution in [-0.4, -0.2) is 52.5 Å². The number of hydrogen-bond acceptors (Lipinski definition) is 6. The number of carbonyl (C=O) groups excluding carboxylic acids is 1. The van der Waals surface area contributed by atoms with Gasteiger partial charge in [-0.15, -0.1) is 11.3 Å². The van der Waals surface area contributed by atoms with Gasteiger partial charge in [0, 0.05) is 10.9 Å². The summed E-state index contributed by atoms with van der Waals surface area (Å²) in [6.45, 7) is 2.48. The maximum atomic E-state index is 13.0. The van der Waals surface area contributed by atoms with Crippen molar-refractivity contribution in [1.29, 1.82) is 0 Å². The molecule has 0 saturated carbocycles. The molecule has 0 radical (unpaired) electrons. The summed E-state index contributed by atoms with van der Waals surface area (Å²) in [4.78, 5) is 23.5. The minimum atomic E-state index is -3.06. The number of H-pyrrole nitrogens is 1. The van der Waals surface area contributed by atoms with Crippen LogP contribution in [0.3, 0.4) is 0 Å². The first-order chi connectivity index (χ1) is 13.4. The van der Waals surface area contributed by atoms with Crippen LogP contribution in [0.25, 0.3) is 11.0 Å². The SMILES string of the molecule is Cc1ccc2nc(SCC(=O)N(Cc3cccs3)C3CCS(=O)(=O)C3)[nH]c2c1. The van der Waals surface area contributed by atoms with Gasteiger partial charge >= 0.3 is 0 Å². The third-order valence-corrected chi connectivity index (χ3v) is 8.29. The number of amides is 1. The molecule has 0 spiro atoms. The van der Waals surface area contributed by atoms with Gasteiger partial charge in [0.2, 0.25) is 5.91 Å². The Morgan fingerprint density at radius 1 is 1.39 bits per heavy atom. The standard InChI is InChI=1S/C19H21N3O3S3/c1-13-4-5-16-17(9-13)21-19(20-16)27-11-18(23)22(10-15-3-2-7-26-15)14-6-8-28(24,25)12-14/h2-5,7,9,14H,6,8,10-12H2,1H3,(H,20,21). The summed E-state index contributed by atoms with van der Waals surface area (Å²) in [6, 6.07) is 9.66. The molecule has 1 atom stereocenters. The Balaban J connectivity index is 1.48. The van der Waals surface area contributed by atoms with E-state index in [1.807, 2.05) is 42.6 Å². The van der Waals surface area contributed by atoms with E-state index in [1.165, 1.54) is 11.8 Å². The maximum Gasteiger partial charge on any atom is 0.233 e. The van der Waals surface area contributed by atoms with Crippen molar-refractivity contribution >= 4 is 49.9 Å². The highest BCUT2D eigenvalue weighted by Gasteiger charge is 2.34. The second kappa shape index (κ2) is 7.88. The Bertz CT molecular complexity index is 1090. The number of sulfone groups is 1. The fraction of sp³-hybridized carbons (Fsp3) is 0.368. The first-order valence-electron chi connectivity index (χ1n) is 9.01. The van der Waals surface area contributed by atoms with Crippen molar-refractivity contribution < 1.29 is 13.2 Å². The molecule has 1 saturated heterocycles. The van der Waals surface area contributed by atoms with E-state index in [0.29, 0.717) is 18.1 Å². The lowest BCUT2D eigenvalue weighted by Crippen LogP contribution is -2.41. The number of aromatic amines is 1. The van der Waals surface area contributed by atoms with Gasteiger partial charge in [-0.3, -0.25) is 4.79 Å². The van der Waals surface area contributed by atoms with Gasteiger partial charge in [0.1, 0.15) is 0 Å². The van der Waals surface area contributed by atoms with E-state index in [1.54, 1.807) is 16.2 Å². The van der Waals surface area contributed by atoms with Gasteiger partial charge in [0.15, 0.2) is 15.0 Å². The number of aromatic nitrogens is 2. The summed E-state index contributed by atoms with van der Waals surface area (Å²) >= 11 is 2.93. The predicted octanol–water partition coefficient (Wildman–Crippen LogP) is 3.24. The topological polar surface area (TPSA) is 83.1 Å². The predicted molar refractivity (Wildman–Crippen MR) is 113 cm³/mol. The van der Waals surface area contributed by atoms with E-state index in [4.69, 9.17) is 0 Å². The van der Waals surface area contributed by atoms with Crippen molar-refractivity contribution in [2.45, 2.75) is 31.1 Å². The maximum absolute atomic E-state index is 13.0. The van der Waals surface area contributed by atoms with Crippen LogP contribution in [0.15, 0.2) is 40.9 Å². The van der Waals surface area contributed by atoms with Gasteiger partial charge in [0.25, 0.3) is 0 Å². The molecule has 28 heavy (non-hydrogen) atoms. The summed E-state index contributed by atoms with van der Waals surface area (Å²) in [6.07, 6.45) is 0.508. The summed E-state index contributed by atoms with van der Waals surface area (Å²) in [5.41, 5.74) is 2.97. The highest BCUT2D eigenvalue weighted by Crippen LogP contribution is 2.25. The summed E-state index contributed by atoms with van der Waals surface area (Å²) < 4.78 is 23.8. The second-order valence-corrected chi connectivity index (χ2v) is 11.2. The number of nitrogens with one attached hydrogen (secondary N) is 1. The Morgan fingerprint density at radius 3 is 2.96 bits per heavy atom. The zero-order chi connectivity index (χ0) is 19.7. The number of fused-ring (bicyclic) bond motifs is 1. The molecule has 2 aromatic heterocycles. The molecule has 1 aliphatic heterocycles. The third kappa shape index (κ3) is 4.42. The molecular formula is C19H21N3O3S3. The molecule has 3 heterocycles. The molecule has 4 rings (SSSR count). The van der Waals surface area contributed by atoms with Crippen LogP contribution in [0, 0.1) is 6.92 Å². The van der Waals surface area contributed by atoms with Crippen LogP contribution in [0.5, 0.6) is 0 Å². The van der Waals surface area contributed by atoms with E-state index in [9.17, 15) is 13.2 Å². The minimum Gasteiger partial charge on any atom is -0.333 e. The van der Waals surface area contributed by atoms with Crippen molar-refractivity contribution in [1.82, 2.24) is 14.9 Å². The molecule has 148 valence electrons. The van der Waals surface area contributed by atoms with E-state index in [-0.39, 0.29) is 29.2 Å². The molecule has 6 nitrogen and oxygen atoms in total. The highest BCUT2D eigenvalue weighted by molar-refractivity contribution is 7.99. The average Bonchev–Trinajstić information content (AvgIpc) is 3.36. The highest BCUT2D eigenvalue weighted by atomic mass is 32.2. The molecule has 1 fully saturated rings. The van der Waals surface area contributed by atoms with Crippen molar-refractivity contribution in [2.24, 2.45) is 0 Å². The van der Waals surface area contributed by atoms with Crippen LogP contribution in [0.1, 0.15) is 16.9 Å². The van der Waals surface area contributed by atoms with Gasteiger partial charge in [-0.1, -0.05) is 23.9 Å². The molecular weight excluding hydrogens is 414 g/mol. The van der Waals surface area contributed by atoms with Gasteiger partial charge in [-0.2, -0.15) is 0 Å². The largest absolute Gasteiger partial charge is 0.333 e. The Hall–Kier alpha value is -1.84. The number of aryl methyl sites for hydroxylation is 1. The molecule has 1 unspecified atom stereocenters. The number of nitrogens with zero attached hydrogens (tertiary/aromatic N) is 2. The van der Waals surface area contributed by atoms with E-state index in [0.717, 1.165) is 21.5 Å². The summed E-state index contributed by atoms with van der Waals surface area (Å²) in [7, 11) is -3.06. The second-order valence-electron chi connectivity index (χ2n) is 7.01. The van der Waals surface area contributed by atoms with Crippen molar-refractivity contribution in [3.05, 3.63) is 46.2 Å². The lowest BCUT2D eigenvalue weighted by Gasteiger charge is -2.27. The molecule has 1 amide bonds. The molecule has 3 aromatic rings. The molecule has 9 heteroatoms. The van der Waals surface area contributed by atoms with Gasteiger partial charge in [-0.05, 0) is 42.5 Å². The lowest BCUT2D eigenvalue weighted by atomic mass is 10.2. The van der Waals surface area contributed by atoms with Crippen molar-refractivity contribution in [3.63, 3.8) is 0 Å². The molecule has 1 aliphatic rings. The van der Waals surface area contributed by atoms with Gasteiger partial charge in [-0.25, -0.2) is 13.4 Å². The average molecular weight is 436 g/mol. The first kappa shape index (κ1) is 19.5. The normalized spacial score (nSPS) is 18.5. The van der Waals surface area contributed by atoms with Crippen LogP contribution in [0.2, 0.25) is 0 Å². The van der Waals surface area contributed by atoms with Crippen LogP contribution in [0.4, 0.5) is 0 Å². The third-order valence-electron chi connectivity index (χ3n) is 4.82. The van der Waals surface area contributed by atoms with Crippen molar-refractivity contribution in [3.8, 4) is 0 Å². The number of thioether (sulfide) groups is 1. The quantitative estimate of drug-likeness (QED) is 0.601. The summed E-state index contributed by atoms with van der Waals surface area (Å²) in [5.74, 6) is 0.374. The van der Waals surface area contributed by atoms with Crippen LogP contribution >= 0.6 is 23.1 Å². The minimum absolute atomic E-state index is 0.0543. The lowest BCUT2D eigenvalue weighted by molar-refractivity contribution is -0.130. The number of thiophene rings is 1. The zero-order valence-electron chi connectivity index (χ0n) is 15.4. The van der Waals surface area contributed by atoms with Crippen LogP contribution < -0.4 is 0 Å². The van der Waals surface area contributed by atoms with E-state index in [2.05, 4.69) is 9.97 Å². The molecule has 0 bridgehead atoms. The Kier molecular flexibility index (Phi) is 5.48. The number of carbonyl (C=O) groups is 1. The van der Waals surface area contributed by atoms with E-state index >= 15 is 0 Å². The Morgan fingerprint density at radius 2 is 2.25 bits per heavy atom. The number of imidazole rings is 1. The number of hydrogen-bond donors (Lipinski definition) is 1.